The number of aromatic nitrogens is 4. The molecule has 0 saturated heterocycles. The molecule has 0 aliphatic heterocycles. The molecular weight excluding hydrogens is 398 g/mol. The number of aryl methyl sites for hydroxylation is 3. The molecule has 0 bridgehead atoms. The highest BCUT2D eigenvalue weighted by molar-refractivity contribution is 7.99. The second kappa shape index (κ2) is 10.2. The Labute approximate surface area is 180 Å². The molecule has 0 fully saturated rings. The minimum absolute atomic E-state index is 0.0167. The average Bonchev–Trinajstić information content (AvgIpc) is 3.18. The van der Waals surface area contributed by atoms with Crippen molar-refractivity contribution in [3.8, 4) is 5.69 Å². The lowest BCUT2D eigenvalue weighted by Crippen LogP contribution is -2.21. The number of nitrogens with zero attached hydrogens (tertiary/aromatic N) is 4. The lowest BCUT2D eigenvalue weighted by atomic mass is 10.1. The molecule has 1 heterocycles. The number of amides is 1. The summed E-state index contributed by atoms with van der Waals surface area (Å²) in [6, 6.07) is 13.7. The number of thioether (sulfide) groups is 1. The molecule has 8 heteroatoms. The molecule has 2 aromatic carbocycles. The van der Waals surface area contributed by atoms with Crippen LogP contribution in [0.4, 0.5) is 0 Å². The molecule has 30 heavy (non-hydrogen) atoms. The Morgan fingerprint density at radius 1 is 1.10 bits per heavy atom. The number of benzene rings is 2. The summed E-state index contributed by atoms with van der Waals surface area (Å²) >= 11 is 1.33. The molecule has 3 aromatic rings. The van der Waals surface area contributed by atoms with E-state index in [-0.39, 0.29) is 17.4 Å². The van der Waals surface area contributed by atoms with Crippen molar-refractivity contribution in [2.45, 2.75) is 38.8 Å². The molecule has 0 aliphatic rings. The maximum absolute atomic E-state index is 12.6. The number of hydrogen-bond donors (Lipinski definition) is 1. The van der Waals surface area contributed by atoms with Crippen LogP contribution >= 0.6 is 11.8 Å². The van der Waals surface area contributed by atoms with Crippen molar-refractivity contribution < 1.29 is 9.59 Å². The fourth-order valence-corrected chi connectivity index (χ4v) is 3.87. The third-order valence-electron chi connectivity index (χ3n) is 4.65. The van der Waals surface area contributed by atoms with E-state index in [9.17, 15) is 9.59 Å². The van der Waals surface area contributed by atoms with Crippen molar-refractivity contribution in [1.82, 2.24) is 25.5 Å². The van der Waals surface area contributed by atoms with Crippen LogP contribution in [-0.2, 0) is 11.2 Å². The lowest BCUT2D eigenvalue weighted by molar-refractivity contribution is -0.118. The van der Waals surface area contributed by atoms with E-state index in [1.165, 1.54) is 24.2 Å². The second-order valence-electron chi connectivity index (χ2n) is 7.16. The van der Waals surface area contributed by atoms with Crippen molar-refractivity contribution in [3.05, 3.63) is 64.7 Å². The van der Waals surface area contributed by atoms with Crippen molar-refractivity contribution in [1.29, 1.82) is 0 Å². The van der Waals surface area contributed by atoms with Gasteiger partial charge in [0, 0.05) is 19.0 Å². The van der Waals surface area contributed by atoms with Crippen LogP contribution in [0.2, 0.25) is 0 Å². The predicted molar refractivity (Wildman–Crippen MR) is 117 cm³/mol. The Kier molecular flexibility index (Phi) is 7.35. The molecule has 1 aromatic heterocycles. The van der Waals surface area contributed by atoms with Gasteiger partial charge in [0.1, 0.15) is 0 Å². The first-order chi connectivity index (χ1) is 14.4. The van der Waals surface area contributed by atoms with E-state index < -0.39 is 0 Å². The van der Waals surface area contributed by atoms with Gasteiger partial charge in [-0.05, 0) is 54.3 Å². The van der Waals surface area contributed by atoms with Crippen molar-refractivity contribution in [3.63, 3.8) is 0 Å². The van der Waals surface area contributed by atoms with Gasteiger partial charge >= 0.3 is 0 Å². The Balaban J connectivity index is 1.57. The van der Waals surface area contributed by atoms with Gasteiger partial charge in [0.25, 0.3) is 0 Å². The van der Waals surface area contributed by atoms with Crippen molar-refractivity contribution in [2.75, 3.05) is 12.3 Å². The molecule has 1 amide bonds. The van der Waals surface area contributed by atoms with Crippen LogP contribution in [0.5, 0.6) is 0 Å². The summed E-state index contributed by atoms with van der Waals surface area (Å²) in [7, 11) is 0. The Morgan fingerprint density at radius 3 is 2.57 bits per heavy atom. The lowest BCUT2D eigenvalue weighted by Gasteiger charge is -2.08. The Morgan fingerprint density at radius 2 is 1.87 bits per heavy atom. The summed E-state index contributed by atoms with van der Waals surface area (Å²) in [5.74, 6) is 0.268. The molecule has 0 spiro atoms. The smallest absolute Gasteiger partial charge is 0.216 e. The summed E-state index contributed by atoms with van der Waals surface area (Å²) in [6.07, 6.45) is 1.72. The quantitative estimate of drug-likeness (QED) is 0.323. The molecule has 0 aliphatic carbocycles. The highest BCUT2D eigenvalue weighted by Gasteiger charge is 2.14. The highest BCUT2D eigenvalue weighted by Crippen LogP contribution is 2.22. The standard InChI is InChI=1S/C22H25N5O2S/c1-15-6-11-20(16(2)13-15)27-22(24-25-26-27)30-14-21(29)19-9-7-18(8-10-19)5-4-12-23-17(3)28/h6-11,13H,4-5,12,14H2,1-3H3,(H,23,28). The van der Waals surface area contributed by atoms with Crippen molar-refractivity contribution in [2.24, 2.45) is 0 Å². The summed E-state index contributed by atoms with van der Waals surface area (Å²) in [5, 5.41) is 15.3. The third-order valence-corrected chi connectivity index (χ3v) is 5.57. The number of ketones is 1. The van der Waals surface area contributed by atoms with Crippen LogP contribution in [0.1, 0.15) is 40.4 Å². The van der Waals surface area contributed by atoms with Gasteiger partial charge in [-0.15, -0.1) is 5.10 Å². The molecule has 0 unspecified atom stereocenters. The van der Waals surface area contributed by atoms with Crippen LogP contribution in [0.15, 0.2) is 47.6 Å². The van der Waals surface area contributed by atoms with Crippen LogP contribution in [0, 0.1) is 13.8 Å². The van der Waals surface area contributed by atoms with Gasteiger partial charge in [0.2, 0.25) is 11.1 Å². The van der Waals surface area contributed by atoms with Gasteiger partial charge < -0.3 is 5.32 Å². The number of rotatable bonds is 9. The first kappa shape index (κ1) is 21.7. The Hall–Kier alpha value is -3.00. The first-order valence-electron chi connectivity index (χ1n) is 9.79. The summed E-state index contributed by atoms with van der Waals surface area (Å²) < 4.78 is 1.67. The molecular formula is C22H25N5O2S. The van der Waals surface area contributed by atoms with Gasteiger partial charge in [0.05, 0.1) is 11.4 Å². The van der Waals surface area contributed by atoms with Gasteiger partial charge in [0.15, 0.2) is 5.78 Å². The second-order valence-corrected chi connectivity index (χ2v) is 8.10. The molecule has 7 nitrogen and oxygen atoms in total. The maximum Gasteiger partial charge on any atom is 0.216 e. The maximum atomic E-state index is 12.6. The van der Waals surface area contributed by atoms with Crippen molar-refractivity contribution >= 4 is 23.5 Å². The number of tetrazole rings is 1. The minimum atomic E-state index is -0.0167. The highest BCUT2D eigenvalue weighted by atomic mass is 32.2. The number of carbonyl (C=O) groups is 2. The van der Waals surface area contributed by atoms with Gasteiger partial charge in [-0.25, -0.2) is 0 Å². The number of Topliss-reactive ketones (excluding diaryl/α,β-unsaturated/α-hetero) is 1. The van der Waals surface area contributed by atoms with E-state index in [0.717, 1.165) is 29.7 Å². The van der Waals surface area contributed by atoms with Crippen LogP contribution in [0.3, 0.4) is 0 Å². The average molecular weight is 424 g/mol. The SMILES string of the molecule is CC(=O)NCCCc1ccc(C(=O)CSc2nnnn2-c2ccc(C)cc2C)cc1. The monoisotopic (exact) mass is 423 g/mol. The van der Waals surface area contributed by atoms with E-state index in [0.29, 0.717) is 17.3 Å². The summed E-state index contributed by atoms with van der Waals surface area (Å²) in [6.45, 7) is 6.22. The number of hydrogen-bond acceptors (Lipinski definition) is 6. The molecule has 0 saturated carbocycles. The zero-order chi connectivity index (χ0) is 21.5. The van der Waals surface area contributed by atoms with E-state index in [1.807, 2.05) is 50.2 Å². The summed E-state index contributed by atoms with van der Waals surface area (Å²) in [4.78, 5) is 23.5. The largest absolute Gasteiger partial charge is 0.356 e. The zero-order valence-electron chi connectivity index (χ0n) is 17.4. The van der Waals surface area contributed by atoms with E-state index in [2.05, 4.69) is 26.9 Å². The van der Waals surface area contributed by atoms with E-state index >= 15 is 0 Å². The predicted octanol–water partition coefficient (Wildman–Crippen LogP) is 3.32. The minimum Gasteiger partial charge on any atom is -0.356 e. The number of carbonyl (C=O) groups excluding carboxylic acids is 2. The topological polar surface area (TPSA) is 89.8 Å². The molecule has 0 radical (unpaired) electrons. The van der Waals surface area contributed by atoms with Gasteiger partial charge in [-0.3, -0.25) is 9.59 Å². The van der Waals surface area contributed by atoms with Crippen LogP contribution in [-0.4, -0.2) is 44.2 Å². The number of nitrogens with one attached hydrogen (secondary N) is 1. The molecule has 156 valence electrons. The third kappa shape index (κ3) is 5.76. The van der Waals surface area contributed by atoms with Gasteiger partial charge in [-0.2, -0.15) is 4.68 Å². The first-order valence-corrected chi connectivity index (χ1v) is 10.8. The van der Waals surface area contributed by atoms with Crippen LogP contribution in [0.25, 0.3) is 5.69 Å². The van der Waals surface area contributed by atoms with E-state index in [1.54, 1.807) is 4.68 Å². The van der Waals surface area contributed by atoms with Crippen LogP contribution < -0.4 is 5.32 Å². The normalized spacial score (nSPS) is 10.8. The zero-order valence-corrected chi connectivity index (χ0v) is 18.2. The molecule has 0 atom stereocenters. The van der Waals surface area contributed by atoms with Gasteiger partial charge in [-0.1, -0.05) is 53.7 Å². The fourth-order valence-electron chi connectivity index (χ4n) is 3.09. The Bertz CT molecular complexity index is 1030. The van der Waals surface area contributed by atoms with E-state index in [4.69, 9.17) is 0 Å². The molecule has 3 rings (SSSR count). The molecule has 1 N–H and O–H groups in total. The summed E-state index contributed by atoms with van der Waals surface area (Å²) in [5.41, 5.74) is 4.96. The fraction of sp³-hybridized carbons (Fsp3) is 0.318.